The van der Waals surface area contributed by atoms with Gasteiger partial charge < -0.3 is 14.8 Å². The zero-order valence-corrected chi connectivity index (χ0v) is 22.9. The number of amides is 1. The van der Waals surface area contributed by atoms with Crippen LogP contribution in [0.2, 0.25) is 0 Å². The van der Waals surface area contributed by atoms with E-state index in [4.69, 9.17) is 9.47 Å². The molecule has 0 aliphatic heterocycles. The van der Waals surface area contributed by atoms with Gasteiger partial charge in [-0.05, 0) is 70.7 Å². The second-order valence-corrected chi connectivity index (χ2v) is 10.2. The van der Waals surface area contributed by atoms with Gasteiger partial charge in [-0.1, -0.05) is 36.4 Å². The van der Waals surface area contributed by atoms with Crippen molar-refractivity contribution in [3.8, 4) is 28.0 Å². The maximum absolute atomic E-state index is 12.9. The number of aryl methyl sites for hydroxylation is 1. The molecule has 1 heterocycles. The molecule has 1 N–H and O–H groups in total. The number of halogens is 1. The molecular formula is C28H23BrN2O6S. The van der Waals surface area contributed by atoms with E-state index in [1.165, 1.54) is 23.5 Å². The molecule has 0 spiro atoms. The zero-order valence-electron chi connectivity index (χ0n) is 20.5. The third kappa shape index (κ3) is 6.09. The number of carbonyl (C=O) groups is 2. The van der Waals surface area contributed by atoms with Crippen LogP contribution >= 0.6 is 27.3 Å². The van der Waals surface area contributed by atoms with E-state index < -0.39 is 16.8 Å². The Bertz CT molecular complexity index is 1490. The third-order valence-corrected chi connectivity index (χ3v) is 7.22. The molecule has 38 heavy (non-hydrogen) atoms. The molecule has 0 radical (unpaired) electrons. The number of non-ortho nitro benzene ring substituents is 1. The first kappa shape index (κ1) is 27.0. The van der Waals surface area contributed by atoms with Crippen LogP contribution in [-0.2, 0) is 9.53 Å². The van der Waals surface area contributed by atoms with Gasteiger partial charge >= 0.3 is 5.97 Å². The maximum Gasteiger partial charge on any atom is 0.341 e. The third-order valence-electron chi connectivity index (χ3n) is 5.58. The number of rotatable bonds is 9. The van der Waals surface area contributed by atoms with Gasteiger partial charge in [0, 0.05) is 22.6 Å². The van der Waals surface area contributed by atoms with Crippen LogP contribution in [0.1, 0.15) is 22.2 Å². The van der Waals surface area contributed by atoms with Gasteiger partial charge in [0.2, 0.25) is 0 Å². The Morgan fingerprint density at radius 2 is 1.68 bits per heavy atom. The van der Waals surface area contributed by atoms with Crippen LogP contribution < -0.4 is 10.1 Å². The van der Waals surface area contributed by atoms with Crippen molar-refractivity contribution >= 4 is 49.8 Å². The molecule has 0 atom stereocenters. The molecule has 0 aliphatic carbocycles. The summed E-state index contributed by atoms with van der Waals surface area (Å²) in [5, 5.41) is 14.1. The average Bonchev–Trinajstić information content (AvgIpc) is 3.23. The zero-order chi connectivity index (χ0) is 27.2. The maximum atomic E-state index is 12.9. The molecule has 3 aromatic carbocycles. The quantitative estimate of drug-likeness (QED) is 0.124. The standard InChI is InChI=1S/C28H23BrN2O6S/c1-3-36-28(33)26-25(19-9-12-21(13-10-19)31(34)35)17(2)38-27(26)30-24(32)16-37-23-14-11-20(15-22(23)29)18-7-5-4-6-8-18/h4-15H,3,16H2,1-2H3,(H,30,32). The van der Waals surface area contributed by atoms with Gasteiger partial charge in [-0.25, -0.2) is 4.79 Å². The molecule has 10 heteroatoms. The number of nitrogens with zero attached hydrogens (tertiary/aromatic N) is 1. The predicted molar refractivity (Wildman–Crippen MR) is 151 cm³/mol. The second kappa shape index (κ2) is 12.0. The van der Waals surface area contributed by atoms with Gasteiger partial charge in [0.1, 0.15) is 16.3 Å². The fourth-order valence-electron chi connectivity index (χ4n) is 3.86. The van der Waals surface area contributed by atoms with E-state index in [2.05, 4.69) is 21.2 Å². The number of esters is 1. The van der Waals surface area contributed by atoms with E-state index >= 15 is 0 Å². The first-order chi connectivity index (χ1) is 18.3. The van der Waals surface area contributed by atoms with E-state index in [0.29, 0.717) is 26.4 Å². The van der Waals surface area contributed by atoms with Crippen LogP contribution in [0.3, 0.4) is 0 Å². The first-order valence-electron chi connectivity index (χ1n) is 11.6. The summed E-state index contributed by atoms with van der Waals surface area (Å²) in [7, 11) is 0. The highest BCUT2D eigenvalue weighted by Crippen LogP contribution is 2.41. The predicted octanol–water partition coefficient (Wildman–Crippen LogP) is 7.26. The highest BCUT2D eigenvalue weighted by atomic mass is 79.9. The lowest BCUT2D eigenvalue weighted by Crippen LogP contribution is -2.21. The molecule has 0 bridgehead atoms. The van der Waals surface area contributed by atoms with E-state index in [1.807, 2.05) is 49.4 Å². The number of hydrogen-bond acceptors (Lipinski definition) is 7. The number of anilines is 1. The van der Waals surface area contributed by atoms with Crippen molar-refractivity contribution in [3.63, 3.8) is 0 Å². The number of nitrogens with one attached hydrogen (secondary N) is 1. The highest BCUT2D eigenvalue weighted by molar-refractivity contribution is 9.10. The Morgan fingerprint density at radius 1 is 1.00 bits per heavy atom. The summed E-state index contributed by atoms with van der Waals surface area (Å²) in [6.45, 7) is 3.36. The van der Waals surface area contributed by atoms with Crippen LogP contribution in [0.4, 0.5) is 10.7 Å². The molecule has 0 saturated carbocycles. The van der Waals surface area contributed by atoms with Crippen LogP contribution in [0.5, 0.6) is 5.75 Å². The summed E-state index contributed by atoms with van der Waals surface area (Å²) in [6.07, 6.45) is 0. The minimum Gasteiger partial charge on any atom is -0.483 e. The Labute approximate surface area is 231 Å². The number of nitro groups is 1. The first-order valence-corrected chi connectivity index (χ1v) is 13.2. The van der Waals surface area contributed by atoms with Gasteiger partial charge in [-0.3, -0.25) is 14.9 Å². The Kier molecular flexibility index (Phi) is 8.55. The molecule has 194 valence electrons. The van der Waals surface area contributed by atoms with Gasteiger partial charge in [0.25, 0.3) is 11.6 Å². The summed E-state index contributed by atoms with van der Waals surface area (Å²) in [4.78, 5) is 37.0. The summed E-state index contributed by atoms with van der Waals surface area (Å²) in [5.74, 6) is -0.550. The van der Waals surface area contributed by atoms with Crippen LogP contribution in [0.15, 0.2) is 77.3 Å². The van der Waals surface area contributed by atoms with Crippen molar-refractivity contribution in [1.82, 2.24) is 0 Å². The smallest absolute Gasteiger partial charge is 0.341 e. The van der Waals surface area contributed by atoms with Crippen molar-refractivity contribution in [2.45, 2.75) is 13.8 Å². The normalized spacial score (nSPS) is 10.6. The van der Waals surface area contributed by atoms with E-state index in [9.17, 15) is 19.7 Å². The van der Waals surface area contributed by atoms with Crippen molar-refractivity contribution in [1.29, 1.82) is 0 Å². The lowest BCUT2D eigenvalue weighted by molar-refractivity contribution is -0.384. The summed E-state index contributed by atoms with van der Waals surface area (Å²) in [5.41, 5.74) is 3.35. The van der Waals surface area contributed by atoms with Gasteiger partial charge in [0.15, 0.2) is 6.61 Å². The van der Waals surface area contributed by atoms with E-state index in [0.717, 1.165) is 16.0 Å². The summed E-state index contributed by atoms with van der Waals surface area (Å²) < 4.78 is 11.7. The molecule has 4 aromatic rings. The number of thiophene rings is 1. The van der Waals surface area contributed by atoms with Gasteiger partial charge in [-0.15, -0.1) is 11.3 Å². The minimum absolute atomic E-state index is 0.0621. The topological polar surface area (TPSA) is 108 Å². The van der Waals surface area contributed by atoms with Crippen molar-refractivity contribution in [2.24, 2.45) is 0 Å². The number of benzene rings is 3. The molecule has 0 unspecified atom stereocenters. The lowest BCUT2D eigenvalue weighted by Gasteiger charge is -2.11. The number of hydrogen-bond donors (Lipinski definition) is 1. The Morgan fingerprint density at radius 3 is 2.32 bits per heavy atom. The fourth-order valence-corrected chi connectivity index (χ4v) is 5.44. The largest absolute Gasteiger partial charge is 0.483 e. The summed E-state index contributed by atoms with van der Waals surface area (Å²) >= 11 is 4.73. The average molecular weight is 595 g/mol. The van der Waals surface area contributed by atoms with Crippen molar-refractivity contribution in [2.75, 3.05) is 18.5 Å². The Hall–Kier alpha value is -4.02. The molecule has 0 fully saturated rings. The molecule has 0 aliphatic rings. The molecule has 1 aromatic heterocycles. The molecule has 0 saturated heterocycles. The minimum atomic E-state index is -0.597. The Balaban J connectivity index is 1.53. The number of carbonyl (C=O) groups excluding carboxylic acids is 2. The molecular weight excluding hydrogens is 572 g/mol. The van der Waals surface area contributed by atoms with Crippen LogP contribution in [0, 0.1) is 17.0 Å². The number of nitro benzene ring substituents is 1. The molecule has 4 rings (SSSR count). The number of ether oxygens (including phenoxy) is 2. The second-order valence-electron chi connectivity index (χ2n) is 8.11. The van der Waals surface area contributed by atoms with Crippen LogP contribution in [-0.4, -0.2) is 30.0 Å². The fraction of sp³-hybridized carbons (Fsp3) is 0.143. The van der Waals surface area contributed by atoms with Gasteiger partial charge in [-0.2, -0.15) is 0 Å². The van der Waals surface area contributed by atoms with Crippen molar-refractivity contribution in [3.05, 3.63) is 97.8 Å². The lowest BCUT2D eigenvalue weighted by atomic mass is 10.0. The van der Waals surface area contributed by atoms with Crippen LogP contribution in [0.25, 0.3) is 22.3 Å². The molecule has 8 nitrogen and oxygen atoms in total. The van der Waals surface area contributed by atoms with E-state index in [-0.39, 0.29) is 24.5 Å². The highest BCUT2D eigenvalue weighted by Gasteiger charge is 2.26. The molecule has 1 amide bonds. The monoisotopic (exact) mass is 594 g/mol. The van der Waals surface area contributed by atoms with Gasteiger partial charge in [0.05, 0.1) is 16.0 Å². The van der Waals surface area contributed by atoms with Crippen molar-refractivity contribution < 1.29 is 24.0 Å². The summed E-state index contributed by atoms with van der Waals surface area (Å²) in [6, 6.07) is 21.4. The SMILES string of the molecule is CCOC(=O)c1c(NC(=O)COc2ccc(-c3ccccc3)cc2Br)sc(C)c1-c1ccc([N+](=O)[O-])cc1. The van der Waals surface area contributed by atoms with E-state index in [1.54, 1.807) is 25.1 Å².